The molecule has 8 heteroatoms. The van der Waals surface area contributed by atoms with Crippen LogP contribution in [0.1, 0.15) is 26.7 Å². The maximum atomic E-state index is 12.0. The summed E-state index contributed by atoms with van der Waals surface area (Å²) in [6.07, 6.45) is -2.99. The molecule has 1 aromatic rings. The Morgan fingerprint density at radius 2 is 1.87 bits per heavy atom. The second-order valence-corrected chi connectivity index (χ2v) is 5.48. The van der Waals surface area contributed by atoms with Gasteiger partial charge in [0.1, 0.15) is 5.75 Å². The van der Waals surface area contributed by atoms with Crippen LogP contribution < -0.4 is 15.4 Å². The van der Waals surface area contributed by atoms with Gasteiger partial charge in [0.25, 0.3) is 0 Å². The number of carbonyl (C=O) groups is 1. The van der Waals surface area contributed by atoms with E-state index in [-0.39, 0.29) is 12.4 Å². The lowest BCUT2D eigenvalue weighted by Crippen LogP contribution is -2.50. The minimum Gasteiger partial charge on any atom is -0.484 e. The van der Waals surface area contributed by atoms with Crippen LogP contribution in [0.25, 0.3) is 0 Å². The van der Waals surface area contributed by atoms with Crippen LogP contribution in [0.2, 0.25) is 0 Å². The molecule has 1 unspecified atom stereocenters. The molecule has 0 saturated heterocycles. The Labute approximate surface area is 132 Å². The molecule has 5 nitrogen and oxygen atoms in total. The average Bonchev–Trinajstić information content (AvgIpc) is 2.46. The number of ether oxygens (including phenoxy) is 1. The Balaban J connectivity index is 2.56. The summed E-state index contributed by atoms with van der Waals surface area (Å²) in [7, 11) is 0. The summed E-state index contributed by atoms with van der Waals surface area (Å²) in [5, 5.41) is 14.6. The van der Waals surface area contributed by atoms with Gasteiger partial charge in [-0.25, -0.2) is 4.79 Å². The Kier molecular flexibility index (Phi) is 6.68. The van der Waals surface area contributed by atoms with E-state index >= 15 is 0 Å². The lowest BCUT2D eigenvalue weighted by atomic mass is 9.98. The number of alkyl halides is 3. The van der Waals surface area contributed by atoms with E-state index in [4.69, 9.17) is 0 Å². The van der Waals surface area contributed by atoms with Gasteiger partial charge in [0.2, 0.25) is 0 Å². The highest BCUT2D eigenvalue weighted by atomic mass is 19.4. The molecule has 130 valence electrons. The van der Waals surface area contributed by atoms with E-state index in [1.165, 1.54) is 24.3 Å². The molecule has 1 rings (SSSR count). The number of aliphatic hydroxyl groups excluding tert-OH is 1. The van der Waals surface area contributed by atoms with Crippen molar-refractivity contribution >= 4 is 11.7 Å². The van der Waals surface area contributed by atoms with Gasteiger partial charge in [-0.05, 0) is 37.6 Å². The number of aliphatic hydroxyl groups is 1. The van der Waals surface area contributed by atoms with Gasteiger partial charge in [0.15, 0.2) is 6.61 Å². The molecule has 1 atom stereocenters. The number of urea groups is 1. The zero-order valence-corrected chi connectivity index (χ0v) is 13.0. The zero-order chi connectivity index (χ0) is 17.5. The summed E-state index contributed by atoms with van der Waals surface area (Å²) in [6, 6.07) is 5.03. The molecule has 0 aliphatic heterocycles. The molecule has 0 spiro atoms. The summed E-state index contributed by atoms with van der Waals surface area (Å²) in [5.74, 6) is 0.0551. The lowest BCUT2D eigenvalue weighted by Gasteiger charge is -2.28. The molecule has 1 aromatic carbocycles. The summed E-state index contributed by atoms with van der Waals surface area (Å²) in [4.78, 5) is 11.9. The van der Waals surface area contributed by atoms with Crippen LogP contribution in [-0.4, -0.2) is 36.1 Å². The van der Waals surface area contributed by atoms with Gasteiger partial charge < -0.3 is 20.5 Å². The first-order valence-electron chi connectivity index (χ1n) is 7.17. The van der Waals surface area contributed by atoms with Gasteiger partial charge >= 0.3 is 12.2 Å². The van der Waals surface area contributed by atoms with Crippen molar-refractivity contribution in [3.63, 3.8) is 0 Å². The number of benzene rings is 1. The molecule has 0 radical (unpaired) electrons. The number of hydrogen-bond donors (Lipinski definition) is 3. The standard InChI is InChI=1S/C15H21F3N2O3/c1-3-8-14(2,9-21)20-13(22)19-11-4-6-12(7-5-11)23-10-15(16,17)18/h4-7,21H,3,8-10H2,1-2H3,(H2,19,20,22). The SMILES string of the molecule is CCCC(C)(CO)NC(=O)Nc1ccc(OCC(F)(F)F)cc1. The van der Waals surface area contributed by atoms with Gasteiger partial charge in [0, 0.05) is 5.69 Å². The maximum Gasteiger partial charge on any atom is 0.422 e. The number of nitrogens with one attached hydrogen (secondary N) is 2. The normalized spacial score (nSPS) is 14.0. The Bertz CT molecular complexity index is 506. The van der Waals surface area contributed by atoms with Crippen molar-refractivity contribution in [2.24, 2.45) is 0 Å². The number of halogens is 3. The predicted molar refractivity (Wildman–Crippen MR) is 80.5 cm³/mol. The van der Waals surface area contributed by atoms with Crippen LogP contribution in [-0.2, 0) is 0 Å². The highest BCUT2D eigenvalue weighted by Gasteiger charge is 2.28. The average molecular weight is 334 g/mol. The first-order valence-corrected chi connectivity index (χ1v) is 7.17. The zero-order valence-electron chi connectivity index (χ0n) is 13.0. The van der Waals surface area contributed by atoms with E-state index in [0.717, 1.165) is 6.42 Å². The predicted octanol–water partition coefficient (Wildman–Crippen LogP) is 3.30. The Morgan fingerprint density at radius 3 is 2.35 bits per heavy atom. The third kappa shape index (κ3) is 7.23. The first kappa shape index (κ1) is 19.1. The van der Waals surface area contributed by atoms with Gasteiger partial charge in [-0.1, -0.05) is 13.3 Å². The first-order chi connectivity index (χ1) is 10.7. The largest absolute Gasteiger partial charge is 0.484 e. The fraction of sp³-hybridized carbons (Fsp3) is 0.533. The summed E-state index contributed by atoms with van der Waals surface area (Å²) >= 11 is 0. The summed E-state index contributed by atoms with van der Waals surface area (Å²) in [5.41, 5.74) is -0.326. The van der Waals surface area contributed by atoms with Crippen LogP contribution in [0, 0.1) is 0 Å². The van der Waals surface area contributed by atoms with Gasteiger partial charge in [-0.2, -0.15) is 13.2 Å². The molecule has 0 saturated carbocycles. The van der Waals surface area contributed by atoms with E-state index in [0.29, 0.717) is 12.1 Å². The summed E-state index contributed by atoms with van der Waals surface area (Å²) < 4.78 is 40.7. The maximum absolute atomic E-state index is 12.0. The molecular weight excluding hydrogens is 313 g/mol. The van der Waals surface area contributed by atoms with Crippen molar-refractivity contribution in [2.75, 3.05) is 18.5 Å². The van der Waals surface area contributed by atoms with Crippen molar-refractivity contribution in [3.8, 4) is 5.75 Å². The molecule has 2 amide bonds. The molecule has 0 aliphatic rings. The van der Waals surface area contributed by atoms with Crippen molar-refractivity contribution in [2.45, 2.75) is 38.4 Å². The van der Waals surface area contributed by atoms with E-state index in [2.05, 4.69) is 15.4 Å². The molecule has 0 bridgehead atoms. The Morgan fingerprint density at radius 1 is 1.26 bits per heavy atom. The molecule has 3 N–H and O–H groups in total. The van der Waals surface area contributed by atoms with Crippen molar-refractivity contribution in [3.05, 3.63) is 24.3 Å². The second kappa shape index (κ2) is 8.05. The minimum atomic E-state index is -4.40. The smallest absolute Gasteiger partial charge is 0.422 e. The molecular formula is C15H21F3N2O3. The highest BCUT2D eigenvalue weighted by Crippen LogP contribution is 2.20. The van der Waals surface area contributed by atoms with Gasteiger partial charge in [-0.15, -0.1) is 0 Å². The third-order valence-corrected chi connectivity index (χ3v) is 3.08. The van der Waals surface area contributed by atoms with E-state index in [1.807, 2.05) is 6.92 Å². The van der Waals surface area contributed by atoms with Gasteiger partial charge in [0.05, 0.1) is 12.1 Å². The van der Waals surface area contributed by atoms with E-state index in [1.54, 1.807) is 6.92 Å². The topological polar surface area (TPSA) is 70.6 Å². The van der Waals surface area contributed by atoms with Crippen molar-refractivity contribution < 1.29 is 27.8 Å². The van der Waals surface area contributed by atoms with Gasteiger partial charge in [-0.3, -0.25) is 0 Å². The quantitative estimate of drug-likeness (QED) is 0.716. The van der Waals surface area contributed by atoms with Crippen molar-refractivity contribution in [1.29, 1.82) is 0 Å². The summed E-state index contributed by atoms with van der Waals surface area (Å²) in [6.45, 7) is 2.10. The van der Waals surface area contributed by atoms with E-state index < -0.39 is 24.4 Å². The number of rotatable bonds is 7. The van der Waals surface area contributed by atoms with Crippen LogP contribution >= 0.6 is 0 Å². The molecule has 23 heavy (non-hydrogen) atoms. The second-order valence-electron chi connectivity index (χ2n) is 5.48. The number of anilines is 1. The fourth-order valence-corrected chi connectivity index (χ4v) is 1.97. The van der Waals surface area contributed by atoms with Crippen LogP contribution in [0.3, 0.4) is 0 Å². The van der Waals surface area contributed by atoms with Crippen LogP contribution in [0.5, 0.6) is 5.75 Å². The van der Waals surface area contributed by atoms with Crippen LogP contribution in [0.4, 0.5) is 23.7 Å². The minimum absolute atomic E-state index is 0.0551. The fourth-order valence-electron chi connectivity index (χ4n) is 1.97. The third-order valence-electron chi connectivity index (χ3n) is 3.08. The molecule has 0 aromatic heterocycles. The number of hydrogen-bond acceptors (Lipinski definition) is 3. The molecule has 0 heterocycles. The number of amides is 2. The molecule has 0 aliphatic carbocycles. The van der Waals surface area contributed by atoms with E-state index in [9.17, 15) is 23.1 Å². The van der Waals surface area contributed by atoms with Crippen molar-refractivity contribution in [1.82, 2.24) is 5.32 Å². The molecule has 0 fully saturated rings. The number of carbonyl (C=O) groups excluding carboxylic acids is 1. The highest BCUT2D eigenvalue weighted by molar-refractivity contribution is 5.89. The Hall–Kier alpha value is -1.96. The lowest BCUT2D eigenvalue weighted by molar-refractivity contribution is -0.153. The monoisotopic (exact) mass is 334 g/mol. The van der Waals surface area contributed by atoms with Crippen LogP contribution in [0.15, 0.2) is 24.3 Å².